The number of carbonyl (C=O) groups is 1. The number of ether oxygens (including phenoxy) is 2. The molecule has 0 spiro atoms. The van der Waals surface area contributed by atoms with Crippen LogP contribution >= 0.6 is 7.82 Å². The van der Waals surface area contributed by atoms with Crippen LogP contribution in [0.1, 0.15) is 239 Å². The summed E-state index contributed by atoms with van der Waals surface area (Å²) in [6.45, 7) is 4.18. The summed E-state index contributed by atoms with van der Waals surface area (Å²) in [6.07, 6.45) is 46.0. The van der Waals surface area contributed by atoms with E-state index in [1.807, 2.05) is 0 Å². The van der Waals surface area contributed by atoms with Crippen molar-refractivity contribution in [3.8, 4) is 0 Å². The molecule has 0 heterocycles. The van der Waals surface area contributed by atoms with Crippen LogP contribution in [0.3, 0.4) is 0 Å². The van der Waals surface area contributed by atoms with Gasteiger partial charge >= 0.3 is 13.8 Å². The Labute approximate surface area is 420 Å². The van der Waals surface area contributed by atoms with E-state index in [0.717, 1.165) is 77.0 Å². The lowest BCUT2D eigenvalue weighted by atomic mass is 9.85. The summed E-state index contributed by atoms with van der Waals surface area (Å²) in [5.74, 6) is -0.482. The second-order valence-electron chi connectivity index (χ2n) is 19.4. The maximum Gasteiger partial charge on any atom is 0.472 e. The first kappa shape index (κ1) is 65.3. The van der Waals surface area contributed by atoms with Gasteiger partial charge in [-0.1, -0.05) is 229 Å². The topological polar surface area (TPSA) is 192 Å². The number of hydrogen-bond donors (Lipinski definition) is 6. The molecule has 1 fully saturated rings. The number of phosphoric ester groups is 1. The normalized spacial score (nSPS) is 21.3. The molecule has 6 unspecified atom stereocenters. The molecule has 6 atom stereocenters. The molecule has 1 rings (SSSR count). The average Bonchev–Trinajstić information content (AvgIpc) is 3.34. The summed E-state index contributed by atoms with van der Waals surface area (Å²) in [6, 6.07) is 0. The van der Waals surface area contributed by atoms with Gasteiger partial charge in [0.05, 0.1) is 13.2 Å². The summed E-state index contributed by atoms with van der Waals surface area (Å²) >= 11 is 0. The third-order valence-corrected chi connectivity index (χ3v) is 14.0. The molecular weight excluding hydrogens is 896 g/mol. The highest BCUT2D eigenvalue weighted by molar-refractivity contribution is 7.47. The van der Waals surface area contributed by atoms with Gasteiger partial charge in [-0.3, -0.25) is 13.8 Å². The number of unbranched alkanes of at least 4 members (excludes halogenated alkanes) is 28. The van der Waals surface area contributed by atoms with E-state index in [1.54, 1.807) is 0 Å². The minimum atomic E-state index is -5.03. The zero-order valence-electron chi connectivity index (χ0n) is 43.6. The Hall–Kier alpha value is -1.70. The molecule has 0 aliphatic heterocycles. The number of hydrogen-bond acceptors (Lipinski definition) is 11. The van der Waals surface area contributed by atoms with Crippen LogP contribution in [0, 0.1) is 0 Å². The van der Waals surface area contributed by atoms with Gasteiger partial charge in [0.1, 0.15) is 42.7 Å². The van der Waals surface area contributed by atoms with Crippen molar-refractivity contribution in [2.45, 2.75) is 281 Å². The third-order valence-electron chi connectivity index (χ3n) is 13.0. The molecule has 6 N–H and O–H groups in total. The molecule has 13 heteroatoms. The summed E-state index contributed by atoms with van der Waals surface area (Å²) in [5.41, 5.74) is 0. The Kier molecular flexibility index (Phi) is 43.6. The van der Waals surface area contributed by atoms with Crippen LogP contribution in [0.5, 0.6) is 0 Å². The standard InChI is InChI=1S/C56H103O12P/c1-3-5-7-9-11-13-15-17-19-21-23-25-27-29-31-33-35-37-39-41-43-45-50(57)67-49(48-66-69(63,64)68-56-54(61)52(59)51(58)53(60)55(56)62)47-65-46-44-42-40-38-36-34-32-30-28-26-24-22-20-18-16-14-12-10-8-6-4-2/h5,7,11,13,17,19,23,25,49,51-56,58-62H,3-4,6,8-10,12,14-16,18,20-22,24,26-48H2,1-2H3,(H,63,64)/b7-5-,13-11-,19-17-,25-23-. The monoisotopic (exact) mass is 999 g/mol. The molecule has 69 heavy (non-hydrogen) atoms. The number of carbonyl (C=O) groups excluding carboxylic acids is 1. The lowest BCUT2D eigenvalue weighted by Gasteiger charge is -2.41. The van der Waals surface area contributed by atoms with Gasteiger partial charge in [0.25, 0.3) is 0 Å². The highest BCUT2D eigenvalue weighted by atomic mass is 31.2. The lowest BCUT2D eigenvalue weighted by Crippen LogP contribution is -2.64. The van der Waals surface area contributed by atoms with Crippen LogP contribution in [-0.4, -0.2) is 98.9 Å². The van der Waals surface area contributed by atoms with Crippen LogP contribution in [0.2, 0.25) is 0 Å². The SMILES string of the molecule is CC/C=C\C/C=C\C/C=C\C/C=C\CCCCCCCCCCC(=O)OC(COCCCCCCCCCCCCCCCCCCCCCCC)COP(=O)(O)OC1C(O)C(O)C(O)C(O)C1O. The van der Waals surface area contributed by atoms with Crippen molar-refractivity contribution in [3.63, 3.8) is 0 Å². The van der Waals surface area contributed by atoms with Crippen LogP contribution in [-0.2, 0) is 27.9 Å². The Morgan fingerprint density at radius 1 is 0.478 bits per heavy atom. The molecular formula is C56H103O12P. The largest absolute Gasteiger partial charge is 0.472 e. The quantitative estimate of drug-likeness (QED) is 0.0146. The molecule has 1 aliphatic carbocycles. The zero-order valence-corrected chi connectivity index (χ0v) is 44.5. The second kappa shape index (κ2) is 46.1. The van der Waals surface area contributed by atoms with E-state index >= 15 is 0 Å². The van der Waals surface area contributed by atoms with Crippen LogP contribution in [0.4, 0.5) is 0 Å². The Bertz CT molecular complexity index is 1320. The average molecular weight is 999 g/mol. The van der Waals surface area contributed by atoms with Crippen molar-refractivity contribution in [1.82, 2.24) is 0 Å². The van der Waals surface area contributed by atoms with E-state index in [-0.39, 0.29) is 13.0 Å². The van der Waals surface area contributed by atoms with E-state index < -0.39 is 63.1 Å². The molecule has 0 aromatic heterocycles. The predicted octanol–water partition coefficient (Wildman–Crippen LogP) is 13.2. The minimum Gasteiger partial charge on any atom is -0.457 e. The molecule has 1 aliphatic rings. The summed E-state index contributed by atoms with van der Waals surface area (Å²) < 4.78 is 34.4. The molecule has 0 aromatic carbocycles. The van der Waals surface area contributed by atoms with Crippen LogP contribution in [0.15, 0.2) is 48.6 Å². The Morgan fingerprint density at radius 3 is 1.30 bits per heavy atom. The molecule has 0 radical (unpaired) electrons. The number of aliphatic hydroxyl groups excluding tert-OH is 5. The second-order valence-corrected chi connectivity index (χ2v) is 20.8. The third kappa shape index (κ3) is 37.7. The summed E-state index contributed by atoms with van der Waals surface area (Å²) in [7, 11) is -5.03. The van der Waals surface area contributed by atoms with Crippen molar-refractivity contribution in [2.75, 3.05) is 19.8 Å². The van der Waals surface area contributed by atoms with Crippen molar-refractivity contribution >= 4 is 13.8 Å². The van der Waals surface area contributed by atoms with Crippen molar-refractivity contribution in [2.24, 2.45) is 0 Å². The molecule has 0 amide bonds. The number of rotatable bonds is 48. The maximum absolute atomic E-state index is 12.9. The Balaban J connectivity index is 2.30. The van der Waals surface area contributed by atoms with Crippen molar-refractivity contribution in [3.05, 3.63) is 48.6 Å². The first-order chi connectivity index (χ1) is 33.5. The molecule has 1 saturated carbocycles. The fraction of sp³-hybridized carbons (Fsp3) is 0.839. The molecule has 0 aromatic rings. The smallest absolute Gasteiger partial charge is 0.457 e. The van der Waals surface area contributed by atoms with Crippen molar-refractivity contribution < 1.29 is 58.3 Å². The van der Waals surface area contributed by atoms with Gasteiger partial charge in [0.15, 0.2) is 0 Å². The zero-order chi connectivity index (χ0) is 50.5. The fourth-order valence-corrected chi connectivity index (χ4v) is 9.56. The first-order valence-corrected chi connectivity index (χ1v) is 29.5. The number of esters is 1. The predicted molar refractivity (Wildman–Crippen MR) is 281 cm³/mol. The van der Waals surface area contributed by atoms with E-state index in [9.17, 15) is 39.8 Å². The van der Waals surface area contributed by atoms with Gasteiger partial charge in [-0.25, -0.2) is 4.57 Å². The first-order valence-electron chi connectivity index (χ1n) is 28.0. The number of allylic oxidation sites excluding steroid dienone is 8. The van der Waals surface area contributed by atoms with E-state index in [4.69, 9.17) is 18.5 Å². The van der Waals surface area contributed by atoms with E-state index in [1.165, 1.54) is 135 Å². The van der Waals surface area contributed by atoms with Gasteiger partial charge in [0, 0.05) is 13.0 Å². The highest BCUT2D eigenvalue weighted by Crippen LogP contribution is 2.47. The molecule has 12 nitrogen and oxygen atoms in total. The van der Waals surface area contributed by atoms with E-state index in [2.05, 4.69) is 62.5 Å². The van der Waals surface area contributed by atoms with Gasteiger partial charge in [-0.05, 0) is 51.4 Å². The highest BCUT2D eigenvalue weighted by Gasteiger charge is 2.51. The van der Waals surface area contributed by atoms with Gasteiger partial charge < -0.3 is 39.9 Å². The van der Waals surface area contributed by atoms with Gasteiger partial charge in [-0.15, -0.1) is 0 Å². The summed E-state index contributed by atoms with van der Waals surface area (Å²) in [5, 5.41) is 50.4. The Morgan fingerprint density at radius 2 is 0.855 bits per heavy atom. The lowest BCUT2D eigenvalue weighted by molar-refractivity contribution is -0.220. The molecule has 0 bridgehead atoms. The number of aliphatic hydroxyl groups is 5. The fourth-order valence-electron chi connectivity index (χ4n) is 8.58. The van der Waals surface area contributed by atoms with Crippen LogP contribution in [0.25, 0.3) is 0 Å². The van der Waals surface area contributed by atoms with E-state index in [0.29, 0.717) is 13.0 Å². The molecule has 404 valence electrons. The van der Waals surface area contributed by atoms with Crippen LogP contribution < -0.4 is 0 Å². The minimum absolute atomic E-state index is 0.0779. The van der Waals surface area contributed by atoms with Gasteiger partial charge in [0.2, 0.25) is 0 Å². The van der Waals surface area contributed by atoms with Gasteiger partial charge in [-0.2, -0.15) is 0 Å². The molecule has 0 saturated heterocycles. The number of phosphoric acid groups is 1. The van der Waals surface area contributed by atoms with Crippen molar-refractivity contribution in [1.29, 1.82) is 0 Å². The maximum atomic E-state index is 12.9. The summed E-state index contributed by atoms with van der Waals surface area (Å²) in [4.78, 5) is 23.3.